The number of piperazine rings is 1. The monoisotopic (exact) mass is 358 g/mol. The van der Waals surface area contributed by atoms with Crippen molar-refractivity contribution in [1.82, 2.24) is 19.6 Å². The van der Waals surface area contributed by atoms with Crippen LogP contribution in [-0.4, -0.2) is 58.7 Å². The fraction of sp³-hybridized carbons (Fsp3) is 0.467. The minimum Gasteiger partial charge on any atom is -0.335 e. The Bertz CT molecular complexity index is 744. The summed E-state index contributed by atoms with van der Waals surface area (Å²) in [4.78, 5) is 17.5. The Morgan fingerprint density at radius 1 is 1.17 bits per heavy atom. The summed E-state index contributed by atoms with van der Waals surface area (Å²) in [5, 5.41) is 3.92. The minimum atomic E-state index is -4.45. The number of aromatic nitrogens is 2. The lowest BCUT2D eigenvalue weighted by Gasteiger charge is -2.32. The van der Waals surface area contributed by atoms with Crippen LogP contribution in [0.1, 0.15) is 15.4 Å². The molecule has 1 saturated heterocycles. The number of thiophene rings is 1. The topological polar surface area (TPSA) is 41.4 Å². The number of carbonyl (C=O) groups is 1. The van der Waals surface area contributed by atoms with Crippen molar-refractivity contribution < 1.29 is 18.0 Å². The van der Waals surface area contributed by atoms with Crippen LogP contribution in [0.4, 0.5) is 13.2 Å². The van der Waals surface area contributed by atoms with Gasteiger partial charge in [0.25, 0.3) is 5.91 Å². The zero-order valence-corrected chi connectivity index (χ0v) is 14.1. The van der Waals surface area contributed by atoms with Gasteiger partial charge >= 0.3 is 6.18 Å². The Balaban J connectivity index is 1.80. The van der Waals surface area contributed by atoms with Crippen LogP contribution in [0.15, 0.2) is 18.2 Å². The summed E-state index contributed by atoms with van der Waals surface area (Å²) >= 11 is 1.17. The van der Waals surface area contributed by atoms with E-state index in [9.17, 15) is 18.0 Å². The summed E-state index contributed by atoms with van der Waals surface area (Å²) in [7, 11) is 3.26. The lowest BCUT2D eigenvalue weighted by atomic mass is 10.3. The molecule has 1 aliphatic rings. The lowest BCUT2D eigenvalue weighted by molar-refractivity contribution is -0.143. The zero-order valence-electron chi connectivity index (χ0n) is 13.3. The number of hydrogen-bond acceptors (Lipinski definition) is 4. The Morgan fingerprint density at radius 3 is 2.42 bits per heavy atom. The molecule has 0 spiro atoms. The van der Waals surface area contributed by atoms with Gasteiger partial charge in [0, 0.05) is 33.2 Å². The fourth-order valence-corrected chi connectivity index (χ4v) is 3.54. The van der Waals surface area contributed by atoms with E-state index in [2.05, 4.69) is 10.00 Å². The van der Waals surface area contributed by atoms with Gasteiger partial charge in [0.1, 0.15) is 11.4 Å². The van der Waals surface area contributed by atoms with E-state index in [1.54, 1.807) is 17.0 Å². The van der Waals surface area contributed by atoms with Crippen molar-refractivity contribution in [2.24, 2.45) is 7.05 Å². The first-order chi connectivity index (χ1) is 11.3. The number of aryl methyl sites for hydroxylation is 1. The van der Waals surface area contributed by atoms with Crippen LogP contribution < -0.4 is 0 Å². The maximum atomic E-state index is 12.9. The van der Waals surface area contributed by atoms with Gasteiger partial charge in [-0.25, -0.2) is 0 Å². The third-order valence-electron chi connectivity index (χ3n) is 4.03. The Morgan fingerprint density at radius 2 is 1.83 bits per heavy atom. The summed E-state index contributed by atoms with van der Waals surface area (Å²) in [6.07, 6.45) is -4.45. The number of amides is 1. The predicted molar refractivity (Wildman–Crippen MR) is 84.9 cm³/mol. The number of carbonyl (C=O) groups excluding carboxylic acids is 1. The quantitative estimate of drug-likeness (QED) is 0.829. The van der Waals surface area contributed by atoms with Crippen LogP contribution in [0.3, 0.4) is 0 Å². The van der Waals surface area contributed by atoms with Crippen LogP contribution in [0.25, 0.3) is 10.6 Å². The minimum absolute atomic E-state index is 0.0775. The molecule has 0 aliphatic carbocycles. The standard InChI is InChI=1S/C15H17F3N4OS/c1-20-5-7-22(8-6-20)14(23)12-4-3-11(24-12)10-9-13(15(16,17)18)21(2)19-10/h3-4,9H,5-8H2,1-2H3. The summed E-state index contributed by atoms with van der Waals surface area (Å²) in [6, 6.07) is 4.31. The number of likely N-dealkylation sites (N-methyl/N-ethyl adjacent to an activating group) is 1. The normalized spacial score (nSPS) is 16.6. The molecule has 3 rings (SSSR count). The van der Waals surface area contributed by atoms with E-state index in [1.165, 1.54) is 18.4 Å². The molecule has 5 nitrogen and oxygen atoms in total. The Hall–Kier alpha value is -1.87. The molecular formula is C15H17F3N4OS. The van der Waals surface area contributed by atoms with Crippen LogP contribution >= 0.6 is 11.3 Å². The number of nitrogens with zero attached hydrogens (tertiary/aromatic N) is 4. The molecule has 1 amide bonds. The van der Waals surface area contributed by atoms with Crippen molar-refractivity contribution in [1.29, 1.82) is 0 Å². The van der Waals surface area contributed by atoms with E-state index in [-0.39, 0.29) is 11.6 Å². The average Bonchev–Trinajstić information content (AvgIpc) is 3.13. The molecule has 0 unspecified atom stereocenters. The largest absolute Gasteiger partial charge is 0.433 e. The van der Waals surface area contributed by atoms with Crippen molar-refractivity contribution in [3.8, 4) is 10.6 Å². The van der Waals surface area contributed by atoms with Gasteiger partial charge in [0.2, 0.25) is 0 Å². The van der Waals surface area contributed by atoms with Crippen molar-refractivity contribution in [3.63, 3.8) is 0 Å². The second-order valence-electron chi connectivity index (χ2n) is 5.80. The van der Waals surface area contributed by atoms with Crippen molar-refractivity contribution in [2.45, 2.75) is 6.18 Å². The van der Waals surface area contributed by atoms with E-state index in [4.69, 9.17) is 0 Å². The molecule has 0 aromatic carbocycles. The summed E-state index contributed by atoms with van der Waals surface area (Å²) in [6.45, 7) is 2.95. The van der Waals surface area contributed by atoms with Crippen molar-refractivity contribution >= 4 is 17.2 Å². The average molecular weight is 358 g/mol. The summed E-state index contributed by atoms with van der Waals surface area (Å²) in [5.74, 6) is -0.0775. The number of rotatable bonds is 2. The highest BCUT2D eigenvalue weighted by molar-refractivity contribution is 7.17. The van der Waals surface area contributed by atoms with Gasteiger partial charge in [-0.1, -0.05) is 0 Å². The second-order valence-corrected chi connectivity index (χ2v) is 6.88. The van der Waals surface area contributed by atoms with E-state index in [1.807, 2.05) is 7.05 Å². The van der Waals surface area contributed by atoms with Gasteiger partial charge < -0.3 is 9.80 Å². The maximum Gasteiger partial charge on any atom is 0.433 e. The Labute approximate surface area is 141 Å². The Kier molecular flexibility index (Phi) is 4.39. The van der Waals surface area contributed by atoms with Crippen LogP contribution in [-0.2, 0) is 13.2 Å². The molecule has 1 fully saturated rings. The third-order valence-corrected chi connectivity index (χ3v) is 5.13. The number of halogens is 3. The lowest BCUT2D eigenvalue weighted by Crippen LogP contribution is -2.46. The molecule has 130 valence electrons. The molecule has 2 aromatic heterocycles. The van der Waals surface area contributed by atoms with E-state index >= 15 is 0 Å². The molecule has 0 radical (unpaired) electrons. The molecule has 9 heteroatoms. The van der Waals surface area contributed by atoms with Crippen LogP contribution in [0.5, 0.6) is 0 Å². The summed E-state index contributed by atoms with van der Waals surface area (Å²) < 4.78 is 39.4. The van der Waals surface area contributed by atoms with E-state index in [0.717, 1.165) is 23.8 Å². The number of alkyl halides is 3. The predicted octanol–water partition coefficient (Wildman–Crippen LogP) is 2.56. The smallest absolute Gasteiger partial charge is 0.335 e. The number of hydrogen-bond donors (Lipinski definition) is 0. The molecule has 0 atom stereocenters. The van der Waals surface area contributed by atoms with Gasteiger partial charge in [-0.05, 0) is 25.2 Å². The molecule has 0 N–H and O–H groups in total. The van der Waals surface area contributed by atoms with Crippen LogP contribution in [0.2, 0.25) is 0 Å². The second kappa shape index (κ2) is 6.21. The molecule has 3 heterocycles. The van der Waals surface area contributed by atoms with Gasteiger partial charge in [0.15, 0.2) is 0 Å². The maximum absolute atomic E-state index is 12.9. The van der Waals surface area contributed by atoms with E-state index in [0.29, 0.717) is 22.8 Å². The van der Waals surface area contributed by atoms with Crippen molar-refractivity contribution in [3.05, 3.63) is 28.8 Å². The van der Waals surface area contributed by atoms with Gasteiger partial charge in [-0.2, -0.15) is 18.3 Å². The van der Waals surface area contributed by atoms with Gasteiger partial charge in [-0.15, -0.1) is 11.3 Å². The molecule has 2 aromatic rings. The molecule has 1 aliphatic heterocycles. The van der Waals surface area contributed by atoms with Gasteiger partial charge in [-0.3, -0.25) is 9.48 Å². The molecular weight excluding hydrogens is 341 g/mol. The molecule has 0 saturated carbocycles. The molecule has 0 bridgehead atoms. The first-order valence-electron chi connectivity index (χ1n) is 7.45. The van der Waals surface area contributed by atoms with Gasteiger partial charge in [0.05, 0.1) is 9.75 Å². The first-order valence-corrected chi connectivity index (χ1v) is 8.26. The fourth-order valence-electron chi connectivity index (χ4n) is 2.61. The summed E-state index contributed by atoms with van der Waals surface area (Å²) in [5.41, 5.74) is -0.579. The van der Waals surface area contributed by atoms with Crippen molar-refractivity contribution in [2.75, 3.05) is 33.2 Å². The van der Waals surface area contributed by atoms with Crippen LogP contribution in [0, 0.1) is 0 Å². The highest BCUT2D eigenvalue weighted by Crippen LogP contribution is 2.34. The highest BCUT2D eigenvalue weighted by Gasteiger charge is 2.35. The highest BCUT2D eigenvalue weighted by atomic mass is 32.1. The third kappa shape index (κ3) is 3.32. The first kappa shape index (κ1) is 17.0. The zero-order chi connectivity index (χ0) is 17.5. The van der Waals surface area contributed by atoms with E-state index < -0.39 is 11.9 Å². The SMILES string of the molecule is CN1CCN(C(=O)c2ccc(-c3cc(C(F)(F)F)n(C)n3)s2)CC1. The molecule has 24 heavy (non-hydrogen) atoms.